The van der Waals surface area contributed by atoms with Crippen LogP contribution < -0.4 is 4.74 Å². The summed E-state index contributed by atoms with van der Waals surface area (Å²) < 4.78 is 35.2. The van der Waals surface area contributed by atoms with Crippen molar-refractivity contribution in [3.8, 4) is 11.5 Å². The molecule has 0 spiro atoms. The van der Waals surface area contributed by atoms with Gasteiger partial charge in [0.15, 0.2) is 11.5 Å². The lowest BCUT2D eigenvalue weighted by molar-refractivity contribution is -0.231. The average molecular weight is 278 g/mol. The highest BCUT2D eigenvalue weighted by Gasteiger charge is 2.53. The molecule has 8 nitrogen and oxygen atoms in total. The maximum absolute atomic E-state index is 11.0. The van der Waals surface area contributed by atoms with Crippen LogP contribution in [0.4, 0.5) is 0 Å². The summed E-state index contributed by atoms with van der Waals surface area (Å²) in [5, 5.41) is 28.7. The smallest absolute Gasteiger partial charge is 0.405 e. The minimum Gasteiger partial charge on any atom is -0.504 e. The monoisotopic (exact) mass is 278 g/mol. The summed E-state index contributed by atoms with van der Waals surface area (Å²) in [4.78, 5) is 0. The summed E-state index contributed by atoms with van der Waals surface area (Å²) >= 11 is 0. The van der Waals surface area contributed by atoms with Gasteiger partial charge in [0, 0.05) is 5.56 Å². The minimum absolute atomic E-state index is 0.0268. The lowest BCUT2D eigenvalue weighted by Gasteiger charge is -2.21. The van der Waals surface area contributed by atoms with E-state index in [0.717, 1.165) is 18.2 Å². The Morgan fingerprint density at radius 1 is 1.44 bits per heavy atom. The van der Waals surface area contributed by atoms with E-state index in [1.165, 1.54) is 7.11 Å². The average Bonchev–Trinajstić information content (AvgIpc) is 2.49. The summed E-state index contributed by atoms with van der Waals surface area (Å²) in [6.45, 7) is 0. The molecule has 1 aromatic carbocycles. The van der Waals surface area contributed by atoms with E-state index in [-0.39, 0.29) is 17.1 Å². The maximum atomic E-state index is 11.0. The molecule has 0 bridgehead atoms. The van der Waals surface area contributed by atoms with Crippen molar-refractivity contribution in [1.82, 2.24) is 0 Å². The molecule has 18 heavy (non-hydrogen) atoms. The van der Waals surface area contributed by atoms with Gasteiger partial charge in [-0.25, -0.2) is 8.37 Å². The number of benzene rings is 1. The van der Waals surface area contributed by atoms with Crippen LogP contribution in [0, 0.1) is 0 Å². The highest BCUT2D eigenvalue weighted by atomic mass is 32.3. The molecule has 9 heteroatoms. The Bertz CT molecular complexity index is 568. The standard InChI is InChI=1S/C9H10O8S/c1-15-7-4-5(2-3-6(7)10)9(12)8(11)16-18(13,14)17-9/h2-4,8,10-12H,1H3. The van der Waals surface area contributed by atoms with Crippen LogP contribution in [-0.4, -0.2) is 37.1 Å². The number of methoxy groups -OCH3 is 1. The predicted octanol–water partition coefficient (Wildman–Crippen LogP) is -0.844. The Morgan fingerprint density at radius 3 is 2.61 bits per heavy atom. The Labute approximate surface area is 102 Å². The van der Waals surface area contributed by atoms with E-state index >= 15 is 0 Å². The first-order valence-electron chi connectivity index (χ1n) is 4.70. The van der Waals surface area contributed by atoms with Crippen LogP contribution in [-0.2, 0) is 24.6 Å². The normalized spacial score (nSPS) is 30.3. The van der Waals surface area contributed by atoms with Gasteiger partial charge in [-0.2, -0.15) is 8.42 Å². The van der Waals surface area contributed by atoms with Gasteiger partial charge in [-0.1, -0.05) is 0 Å². The number of aromatic hydroxyl groups is 1. The SMILES string of the molecule is COc1cc(C2(O)OS(=O)(=O)OC2O)ccc1O. The van der Waals surface area contributed by atoms with Gasteiger partial charge >= 0.3 is 10.4 Å². The quantitative estimate of drug-likeness (QED) is 0.639. The summed E-state index contributed by atoms with van der Waals surface area (Å²) in [5.74, 6) is -2.83. The molecule has 1 saturated heterocycles. The number of ether oxygens (including phenoxy) is 1. The molecule has 1 fully saturated rings. The van der Waals surface area contributed by atoms with Crippen molar-refractivity contribution in [2.24, 2.45) is 0 Å². The topological polar surface area (TPSA) is 123 Å². The molecule has 1 heterocycles. The molecule has 0 saturated carbocycles. The molecule has 100 valence electrons. The van der Waals surface area contributed by atoms with Crippen LogP contribution in [0.25, 0.3) is 0 Å². The second-order valence-corrected chi connectivity index (χ2v) is 4.70. The van der Waals surface area contributed by atoms with Gasteiger partial charge in [0.25, 0.3) is 5.79 Å². The van der Waals surface area contributed by atoms with Crippen molar-refractivity contribution in [3.63, 3.8) is 0 Å². The second kappa shape index (κ2) is 4.07. The molecule has 3 N–H and O–H groups in total. The minimum atomic E-state index is -4.48. The highest BCUT2D eigenvalue weighted by molar-refractivity contribution is 7.82. The third-order valence-electron chi connectivity index (χ3n) is 2.37. The third-order valence-corrected chi connectivity index (χ3v) is 3.24. The number of aliphatic hydroxyl groups excluding tert-OH is 1. The fourth-order valence-electron chi connectivity index (χ4n) is 1.48. The van der Waals surface area contributed by atoms with E-state index in [1.807, 2.05) is 0 Å². The molecule has 1 aliphatic rings. The molecule has 2 rings (SSSR count). The van der Waals surface area contributed by atoms with Crippen molar-refractivity contribution in [1.29, 1.82) is 0 Å². The molecule has 0 aliphatic carbocycles. The number of phenolic OH excluding ortho intramolecular Hbond substituents is 1. The van der Waals surface area contributed by atoms with Crippen molar-refractivity contribution in [2.45, 2.75) is 12.1 Å². The van der Waals surface area contributed by atoms with Crippen LogP contribution in [0.15, 0.2) is 18.2 Å². The van der Waals surface area contributed by atoms with Crippen molar-refractivity contribution >= 4 is 10.4 Å². The Hall–Kier alpha value is -1.39. The van der Waals surface area contributed by atoms with Gasteiger partial charge in [0.2, 0.25) is 6.29 Å². The van der Waals surface area contributed by atoms with Gasteiger partial charge < -0.3 is 20.1 Å². The van der Waals surface area contributed by atoms with E-state index in [1.54, 1.807) is 0 Å². The predicted molar refractivity (Wildman–Crippen MR) is 55.7 cm³/mol. The Morgan fingerprint density at radius 2 is 2.11 bits per heavy atom. The van der Waals surface area contributed by atoms with E-state index in [0.29, 0.717) is 0 Å². The van der Waals surface area contributed by atoms with Crippen molar-refractivity contribution < 1.29 is 36.8 Å². The fourth-order valence-corrected chi connectivity index (χ4v) is 2.37. The van der Waals surface area contributed by atoms with E-state index in [9.17, 15) is 23.7 Å². The molecule has 0 radical (unpaired) electrons. The number of phenols is 1. The molecule has 0 aromatic heterocycles. The fraction of sp³-hybridized carbons (Fsp3) is 0.333. The van der Waals surface area contributed by atoms with E-state index in [2.05, 4.69) is 8.37 Å². The van der Waals surface area contributed by atoms with Gasteiger partial charge in [-0.15, -0.1) is 0 Å². The molecule has 0 amide bonds. The Balaban J connectivity index is 2.48. The van der Waals surface area contributed by atoms with Crippen LogP contribution >= 0.6 is 0 Å². The highest BCUT2D eigenvalue weighted by Crippen LogP contribution is 2.39. The first kappa shape index (κ1) is 13.1. The van der Waals surface area contributed by atoms with Crippen molar-refractivity contribution in [2.75, 3.05) is 7.11 Å². The number of hydrogen-bond acceptors (Lipinski definition) is 8. The van der Waals surface area contributed by atoms with Gasteiger partial charge in [0.05, 0.1) is 7.11 Å². The zero-order valence-corrected chi connectivity index (χ0v) is 9.92. The Kier molecular flexibility index (Phi) is 2.95. The van der Waals surface area contributed by atoms with E-state index in [4.69, 9.17) is 4.74 Å². The van der Waals surface area contributed by atoms with Crippen molar-refractivity contribution in [3.05, 3.63) is 23.8 Å². The molecule has 1 aliphatic heterocycles. The molecule has 1 aromatic rings. The lowest BCUT2D eigenvalue weighted by Crippen LogP contribution is -2.36. The summed E-state index contributed by atoms with van der Waals surface area (Å²) in [6.07, 6.45) is -2.11. The van der Waals surface area contributed by atoms with Gasteiger partial charge in [-0.05, 0) is 18.2 Å². The van der Waals surface area contributed by atoms with Crippen LogP contribution in [0.5, 0.6) is 11.5 Å². The van der Waals surface area contributed by atoms with E-state index < -0.39 is 22.5 Å². The maximum Gasteiger partial charge on any atom is 0.405 e. The number of aliphatic hydroxyl groups is 2. The van der Waals surface area contributed by atoms with Crippen LogP contribution in [0.1, 0.15) is 5.56 Å². The van der Waals surface area contributed by atoms with Gasteiger partial charge in [0.1, 0.15) is 0 Å². The first-order chi connectivity index (χ1) is 8.28. The third kappa shape index (κ3) is 2.02. The number of rotatable bonds is 2. The second-order valence-electron chi connectivity index (χ2n) is 3.52. The lowest BCUT2D eigenvalue weighted by atomic mass is 10.0. The molecular weight excluding hydrogens is 268 g/mol. The van der Waals surface area contributed by atoms with Gasteiger partial charge in [-0.3, -0.25) is 0 Å². The zero-order valence-electron chi connectivity index (χ0n) is 9.10. The number of hydrogen-bond donors (Lipinski definition) is 3. The molecule has 2 unspecified atom stereocenters. The largest absolute Gasteiger partial charge is 0.504 e. The summed E-state index contributed by atoms with van der Waals surface area (Å²) in [5.41, 5.74) is -0.147. The van der Waals surface area contributed by atoms with Crippen LogP contribution in [0.2, 0.25) is 0 Å². The summed E-state index contributed by atoms with van der Waals surface area (Å²) in [7, 11) is -3.22. The summed E-state index contributed by atoms with van der Waals surface area (Å²) in [6, 6.07) is 3.42. The molecular formula is C9H10O8S. The zero-order chi connectivity index (χ0) is 13.6. The van der Waals surface area contributed by atoms with Crippen LogP contribution in [0.3, 0.4) is 0 Å². The first-order valence-corrected chi connectivity index (χ1v) is 6.03. The molecule has 2 atom stereocenters.